The molecule has 0 radical (unpaired) electrons. The molecule has 3 rings (SSSR count). The summed E-state index contributed by atoms with van der Waals surface area (Å²) in [6, 6.07) is 11.2. The van der Waals surface area contributed by atoms with Gasteiger partial charge in [0.05, 0.1) is 6.26 Å². The molecule has 0 spiro atoms. The molecule has 19 heavy (non-hydrogen) atoms. The number of benzene rings is 1. The highest BCUT2D eigenvalue weighted by Gasteiger charge is 2.22. The SMILES string of the molecule is NC(=NC(=O)c1ccco1)N1CCc2ccccc21. The summed E-state index contributed by atoms with van der Waals surface area (Å²) in [7, 11) is 0. The third-order valence-corrected chi connectivity index (χ3v) is 3.11. The Morgan fingerprint density at radius 2 is 2.11 bits per heavy atom. The highest BCUT2D eigenvalue weighted by molar-refractivity contribution is 6.06. The number of anilines is 1. The molecule has 1 aliphatic rings. The first kappa shape index (κ1) is 11.5. The minimum absolute atomic E-state index is 0.190. The fourth-order valence-electron chi connectivity index (χ4n) is 2.20. The molecule has 1 amide bonds. The topological polar surface area (TPSA) is 71.8 Å². The second-order valence-electron chi connectivity index (χ2n) is 4.28. The van der Waals surface area contributed by atoms with Gasteiger partial charge in [-0.3, -0.25) is 4.79 Å². The maximum Gasteiger partial charge on any atom is 0.315 e. The van der Waals surface area contributed by atoms with Gasteiger partial charge in [0.25, 0.3) is 0 Å². The van der Waals surface area contributed by atoms with Gasteiger partial charge in [-0.15, -0.1) is 0 Å². The van der Waals surface area contributed by atoms with E-state index in [1.54, 1.807) is 12.1 Å². The average molecular weight is 255 g/mol. The van der Waals surface area contributed by atoms with Crippen LogP contribution in [0.4, 0.5) is 5.69 Å². The van der Waals surface area contributed by atoms with Gasteiger partial charge < -0.3 is 15.1 Å². The summed E-state index contributed by atoms with van der Waals surface area (Å²) in [5.74, 6) is -0.0753. The fraction of sp³-hybridized carbons (Fsp3) is 0.143. The van der Waals surface area contributed by atoms with Crippen LogP contribution in [0.2, 0.25) is 0 Å². The van der Waals surface area contributed by atoms with Crippen molar-refractivity contribution in [1.82, 2.24) is 0 Å². The number of aliphatic imine (C=N–C) groups is 1. The molecular weight excluding hydrogens is 242 g/mol. The van der Waals surface area contributed by atoms with E-state index in [9.17, 15) is 4.79 Å². The van der Waals surface area contributed by atoms with E-state index in [0.29, 0.717) is 0 Å². The van der Waals surface area contributed by atoms with E-state index in [0.717, 1.165) is 18.7 Å². The van der Waals surface area contributed by atoms with Crippen LogP contribution in [0, 0.1) is 0 Å². The Bertz CT molecular complexity index is 632. The van der Waals surface area contributed by atoms with Crippen molar-refractivity contribution in [2.24, 2.45) is 10.7 Å². The molecule has 5 heteroatoms. The number of carbonyl (C=O) groups excluding carboxylic acids is 1. The molecule has 1 aliphatic heterocycles. The largest absolute Gasteiger partial charge is 0.459 e. The van der Waals surface area contributed by atoms with E-state index in [1.807, 2.05) is 23.1 Å². The van der Waals surface area contributed by atoms with Crippen molar-refractivity contribution in [3.63, 3.8) is 0 Å². The van der Waals surface area contributed by atoms with Crippen LogP contribution < -0.4 is 10.6 Å². The van der Waals surface area contributed by atoms with E-state index in [-0.39, 0.29) is 11.7 Å². The summed E-state index contributed by atoms with van der Waals surface area (Å²) in [4.78, 5) is 17.5. The number of amides is 1. The predicted octanol–water partition coefficient (Wildman–Crippen LogP) is 1.80. The van der Waals surface area contributed by atoms with Crippen LogP contribution in [0.1, 0.15) is 16.1 Å². The van der Waals surface area contributed by atoms with Gasteiger partial charge in [0, 0.05) is 12.2 Å². The second kappa shape index (κ2) is 4.61. The van der Waals surface area contributed by atoms with Crippen molar-refractivity contribution in [1.29, 1.82) is 0 Å². The van der Waals surface area contributed by atoms with Crippen LogP contribution in [0.3, 0.4) is 0 Å². The number of nitrogens with zero attached hydrogens (tertiary/aromatic N) is 2. The smallest absolute Gasteiger partial charge is 0.315 e. The number of hydrogen-bond donors (Lipinski definition) is 1. The van der Waals surface area contributed by atoms with E-state index in [2.05, 4.69) is 11.1 Å². The Kier molecular flexibility index (Phi) is 2.79. The van der Waals surface area contributed by atoms with Crippen molar-refractivity contribution in [2.45, 2.75) is 6.42 Å². The second-order valence-corrected chi connectivity index (χ2v) is 4.28. The first-order valence-corrected chi connectivity index (χ1v) is 6.03. The van der Waals surface area contributed by atoms with Gasteiger partial charge in [-0.25, -0.2) is 0 Å². The van der Waals surface area contributed by atoms with E-state index >= 15 is 0 Å². The number of nitrogens with two attached hydrogens (primary N) is 1. The number of carbonyl (C=O) groups is 1. The summed E-state index contributed by atoms with van der Waals surface area (Å²) in [6.45, 7) is 0.736. The van der Waals surface area contributed by atoms with E-state index in [1.165, 1.54) is 11.8 Å². The van der Waals surface area contributed by atoms with E-state index < -0.39 is 5.91 Å². The molecule has 1 aromatic carbocycles. The number of rotatable bonds is 1. The molecular formula is C14H13N3O2. The summed E-state index contributed by atoms with van der Waals surface area (Å²) >= 11 is 0. The molecule has 0 aliphatic carbocycles. The third kappa shape index (κ3) is 2.10. The molecule has 0 bridgehead atoms. The van der Waals surface area contributed by atoms with Gasteiger partial charge in [0.2, 0.25) is 5.96 Å². The zero-order valence-corrected chi connectivity index (χ0v) is 10.2. The molecule has 0 fully saturated rings. The number of para-hydroxylation sites is 1. The van der Waals surface area contributed by atoms with Gasteiger partial charge in [0.1, 0.15) is 0 Å². The lowest BCUT2D eigenvalue weighted by molar-refractivity contribution is 0.0976. The van der Waals surface area contributed by atoms with Crippen LogP contribution in [0.15, 0.2) is 52.1 Å². The molecule has 96 valence electrons. The maximum absolute atomic E-state index is 11.8. The van der Waals surface area contributed by atoms with Gasteiger partial charge in [-0.1, -0.05) is 18.2 Å². The Hall–Kier alpha value is -2.56. The van der Waals surface area contributed by atoms with Gasteiger partial charge in [-0.05, 0) is 30.2 Å². The quantitative estimate of drug-likeness (QED) is 0.623. The minimum atomic E-state index is -0.466. The van der Waals surface area contributed by atoms with Crippen molar-refractivity contribution in [3.05, 3.63) is 54.0 Å². The highest BCUT2D eigenvalue weighted by Crippen LogP contribution is 2.26. The Balaban J connectivity index is 1.86. The Labute approximate surface area is 110 Å². The van der Waals surface area contributed by atoms with Crippen LogP contribution in [-0.2, 0) is 6.42 Å². The zero-order valence-electron chi connectivity index (χ0n) is 10.2. The van der Waals surface area contributed by atoms with Gasteiger partial charge >= 0.3 is 5.91 Å². The summed E-state index contributed by atoms with van der Waals surface area (Å²) in [5.41, 5.74) is 8.14. The zero-order chi connectivity index (χ0) is 13.2. The summed E-state index contributed by atoms with van der Waals surface area (Å²) in [5, 5.41) is 0. The number of fused-ring (bicyclic) bond motifs is 1. The number of hydrogen-bond acceptors (Lipinski definition) is 2. The molecule has 2 heterocycles. The van der Waals surface area contributed by atoms with Crippen molar-refractivity contribution in [3.8, 4) is 0 Å². The lowest BCUT2D eigenvalue weighted by Gasteiger charge is -2.17. The van der Waals surface area contributed by atoms with E-state index in [4.69, 9.17) is 10.2 Å². The molecule has 2 aromatic rings. The standard InChI is InChI=1S/C14H13N3O2/c15-14(16-13(18)12-6-3-9-19-12)17-8-7-10-4-1-2-5-11(10)17/h1-6,9H,7-8H2,(H2,15,16,18). The highest BCUT2D eigenvalue weighted by atomic mass is 16.3. The van der Waals surface area contributed by atoms with Crippen LogP contribution in [0.5, 0.6) is 0 Å². The molecule has 5 nitrogen and oxygen atoms in total. The van der Waals surface area contributed by atoms with Crippen molar-refractivity contribution in [2.75, 3.05) is 11.4 Å². The van der Waals surface area contributed by atoms with Gasteiger partial charge in [-0.2, -0.15) is 4.99 Å². The Morgan fingerprint density at radius 3 is 2.89 bits per heavy atom. The Morgan fingerprint density at radius 1 is 1.26 bits per heavy atom. The summed E-state index contributed by atoms with van der Waals surface area (Å²) < 4.78 is 5.00. The van der Waals surface area contributed by atoms with Crippen LogP contribution in [-0.4, -0.2) is 18.4 Å². The predicted molar refractivity (Wildman–Crippen MR) is 72.2 cm³/mol. The first-order valence-electron chi connectivity index (χ1n) is 6.03. The fourth-order valence-corrected chi connectivity index (χ4v) is 2.20. The van der Waals surface area contributed by atoms with Crippen LogP contribution in [0.25, 0.3) is 0 Å². The lowest BCUT2D eigenvalue weighted by Crippen LogP contribution is -2.36. The first-order chi connectivity index (χ1) is 9.25. The molecule has 0 saturated carbocycles. The molecule has 2 N–H and O–H groups in total. The van der Waals surface area contributed by atoms with Gasteiger partial charge in [0.15, 0.2) is 5.76 Å². The molecule has 1 aromatic heterocycles. The monoisotopic (exact) mass is 255 g/mol. The number of guanidine groups is 1. The van der Waals surface area contributed by atoms with Crippen molar-refractivity contribution >= 4 is 17.6 Å². The molecule has 0 saturated heterocycles. The lowest BCUT2D eigenvalue weighted by atomic mass is 10.2. The molecule has 0 atom stereocenters. The number of furan rings is 1. The van der Waals surface area contributed by atoms with Crippen molar-refractivity contribution < 1.29 is 9.21 Å². The van der Waals surface area contributed by atoms with Crippen LogP contribution >= 0.6 is 0 Å². The minimum Gasteiger partial charge on any atom is -0.459 e. The molecule has 0 unspecified atom stereocenters. The summed E-state index contributed by atoms with van der Waals surface area (Å²) in [6.07, 6.45) is 2.34. The maximum atomic E-state index is 11.8. The normalized spacial score (nSPS) is 14.5. The third-order valence-electron chi connectivity index (χ3n) is 3.11. The average Bonchev–Trinajstić information content (AvgIpc) is 3.08.